The molecule has 0 heterocycles. The summed E-state index contributed by atoms with van der Waals surface area (Å²) < 4.78 is 60.6. The van der Waals surface area contributed by atoms with E-state index >= 15 is 0 Å². The molecule has 0 unspecified atom stereocenters. The van der Waals surface area contributed by atoms with Gasteiger partial charge in [-0.2, -0.15) is 0 Å². The molecule has 0 amide bonds. The van der Waals surface area contributed by atoms with Crippen LogP contribution in [0.25, 0.3) is 0 Å². The molecule has 0 N–H and O–H groups in total. The average Bonchev–Trinajstić information content (AvgIpc) is 1.85. The monoisotopic (exact) mass is 315 g/mol. The van der Waals surface area contributed by atoms with Crippen LogP contribution < -0.4 is 21.6 Å². The Hall–Kier alpha value is -0.0100. The minimum atomic E-state index is -5.42. The predicted octanol–water partition coefficient (Wildman–Crippen LogP) is -2.16. The Balaban J connectivity index is 4.33. The van der Waals surface area contributed by atoms with Crippen molar-refractivity contribution in [3.63, 3.8) is 0 Å². The Morgan fingerprint density at radius 2 is 1.92 bits per heavy atom. The predicted molar refractivity (Wildman–Crippen MR) is 29.5 cm³/mol. The van der Waals surface area contributed by atoms with E-state index in [1.54, 1.807) is 0 Å². The van der Waals surface area contributed by atoms with Crippen molar-refractivity contribution < 1.29 is 45.7 Å². The molecule has 0 aromatic heterocycles. The second kappa shape index (κ2) is 4.29. The van der Waals surface area contributed by atoms with Crippen LogP contribution in [0.1, 0.15) is 6.92 Å². The molecular weight excluding hydrogens is 312 g/mol. The van der Waals surface area contributed by atoms with Crippen LogP contribution in [0.15, 0.2) is 0 Å². The van der Waals surface area contributed by atoms with Crippen molar-refractivity contribution in [2.45, 2.75) is 12.4 Å². The third-order valence-electron chi connectivity index (χ3n) is 0.531. The van der Waals surface area contributed by atoms with Gasteiger partial charge >= 0.3 is 78.1 Å². The van der Waals surface area contributed by atoms with Crippen LogP contribution in [0, 0.1) is 9.85 Å². The van der Waals surface area contributed by atoms with E-state index < -0.39 is 37.2 Å². The molecule has 0 saturated heterocycles. The molecule has 0 aromatic carbocycles. The van der Waals surface area contributed by atoms with Gasteiger partial charge in [-0.25, -0.2) is 0 Å². The normalized spacial score (nSPS) is 12.3. The summed E-state index contributed by atoms with van der Waals surface area (Å²) in [5.41, 5.74) is -5.35. The van der Waals surface area contributed by atoms with Gasteiger partial charge in [-0.1, -0.05) is 0 Å². The molecular formula is C4H3F3IO3S-. The van der Waals surface area contributed by atoms with Crippen molar-refractivity contribution in [2.75, 3.05) is 0 Å². The molecule has 0 aliphatic carbocycles. The number of rotatable bonds is 2. The van der Waals surface area contributed by atoms with Crippen molar-refractivity contribution >= 4 is 10.1 Å². The van der Waals surface area contributed by atoms with Crippen molar-refractivity contribution in [3.05, 3.63) is 0 Å². The van der Waals surface area contributed by atoms with Crippen molar-refractivity contribution in [1.82, 2.24) is 0 Å². The van der Waals surface area contributed by atoms with E-state index in [1.807, 2.05) is 0 Å². The molecule has 0 saturated carbocycles. The number of halogens is 4. The van der Waals surface area contributed by atoms with Gasteiger partial charge in [0.25, 0.3) is 0 Å². The van der Waals surface area contributed by atoms with E-state index in [1.165, 1.54) is 6.92 Å². The van der Waals surface area contributed by atoms with Crippen LogP contribution in [-0.4, -0.2) is 13.9 Å². The molecule has 0 fully saturated rings. The molecule has 12 heavy (non-hydrogen) atoms. The number of hydrogen-bond acceptors (Lipinski definition) is 3. The van der Waals surface area contributed by atoms with Gasteiger partial charge in [0.2, 0.25) is 0 Å². The molecule has 0 spiro atoms. The fourth-order valence-electron chi connectivity index (χ4n) is 0.132. The van der Waals surface area contributed by atoms with Crippen LogP contribution in [0.2, 0.25) is 0 Å². The van der Waals surface area contributed by atoms with Gasteiger partial charge in [0.05, 0.1) is 0 Å². The first-order valence-corrected chi connectivity index (χ1v) is 5.73. The fraction of sp³-hybridized carbons (Fsp3) is 0.500. The molecule has 0 rings (SSSR count). The number of alkyl halides is 3. The van der Waals surface area contributed by atoms with E-state index in [0.717, 1.165) is 0 Å². The average molecular weight is 315 g/mol. The summed E-state index contributed by atoms with van der Waals surface area (Å²) in [5, 5.41) is 0. The van der Waals surface area contributed by atoms with Crippen molar-refractivity contribution in [1.29, 1.82) is 0 Å². The van der Waals surface area contributed by atoms with Gasteiger partial charge in [0.1, 0.15) is 0 Å². The standard InChI is InChI=1S/C4H3F3IO3S/c1-2-3-8-11-12(9,10)4(5,6)7/h1H3/q-1. The topological polar surface area (TPSA) is 43.4 Å². The van der Waals surface area contributed by atoms with E-state index in [-0.39, 0.29) is 0 Å². The van der Waals surface area contributed by atoms with E-state index in [0.29, 0.717) is 0 Å². The van der Waals surface area contributed by atoms with Crippen LogP contribution in [-0.2, 0) is 12.6 Å². The Morgan fingerprint density at radius 3 is 2.25 bits per heavy atom. The van der Waals surface area contributed by atoms with Crippen LogP contribution in [0.3, 0.4) is 0 Å². The molecule has 0 aromatic rings. The molecule has 0 aliphatic heterocycles. The molecule has 0 atom stereocenters. The third kappa shape index (κ3) is 3.59. The summed E-state index contributed by atoms with van der Waals surface area (Å²) in [4.78, 5) is 0. The fourth-order valence-corrected chi connectivity index (χ4v) is 2.13. The summed E-state index contributed by atoms with van der Waals surface area (Å²) in [5.74, 6) is 2.23. The molecule has 8 heteroatoms. The van der Waals surface area contributed by atoms with Crippen molar-refractivity contribution in [2.24, 2.45) is 0 Å². The van der Waals surface area contributed by atoms with Gasteiger partial charge < -0.3 is 0 Å². The summed E-state index contributed by atoms with van der Waals surface area (Å²) in [6.45, 7) is 1.38. The maximum absolute atomic E-state index is 11.5. The summed E-state index contributed by atoms with van der Waals surface area (Å²) in [6, 6.07) is 0. The zero-order valence-corrected chi connectivity index (χ0v) is 8.62. The molecule has 0 radical (unpaired) electrons. The van der Waals surface area contributed by atoms with Gasteiger partial charge in [-0.05, 0) is 0 Å². The number of hydrogen-bond donors (Lipinski definition) is 0. The summed E-state index contributed by atoms with van der Waals surface area (Å²) >= 11 is -1.70. The van der Waals surface area contributed by atoms with Gasteiger partial charge in [-0.3, -0.25) is 0 Å². The summed E-state index contributed by atoms with van der Waals surface area (Å²) in [6.07, 6.45) is 0. The molecule has 0 bridgehead atoms. The van der Waals surface area contributed by atoms with Crippen LogP contribution >= 0.6 is 0 Å². The van der Waals surface area contributed by atoms with E-state index in [9.17, 15) is 21.6 Å². The van der Waals surface area contributed by atoms with Gasteiger partial charge in [0.15, 0.2) is 0 Å². The minimum absolute atomic E-state index is 1.38. The zero-order chi connectivity index (χ0) is 9.83. The SMILES string of the molecule is CC#C[I-]OS(=O)(=O)C(F)(F)F. The van der Waals surface area contributed by atoms with Crippen LogP contribution in [0.5, 0.6) is 0 Å². The van der Waals surface area contributed by atoms with E-state index in [2.05, 4.69) is 12.4 Å². The van der Waals surface area contributed by atoms with Crippen LogP contribution in [0.4, 0.5) is 13.2 Å². The maximum atomic E-state index is 11.5. The van der Waals surface area contributed by atoms with Gasteiger partial charge in [0, 0.05) is 0 Å². The molecule has 3 nitrogen and oxygen atoms in total. The third-order valence-corrected chi connectivity index (χ3v) is 4.05. The van der Waals surface area contributed by atoms with E-state index in [4.69, 9.17) is 0 Å². The zero-order valence-electron chi connectivity index (χ0n) is 5.64. The Kier molecular flexibility index (Phi) is 4.29. The Labute approximate surface area is 78.2 Å². The van der Waals surface area contributed by atoms with Gasteiger partial charge in [-0.15, -0.1) is 0 Å². The summed E-state index contributed by atoms with van der Waals surface area (Å²) in [7, 11) is -5.42. The second-order valence-electron chi connectivity index (χ2n) is 1.38. The quantitative estimate of drug-likeness (QED) is 0.331. The molecule has 0 aliphatic rings. The first-order chi connectivity index (χ1) is 5.31. The second-order valence-corrected chi connectivity index (χ2v) is 4.94. The first kappa shape index (κ1) is 12.0. The first-order valence-electron chi connectivity index (χ1n) is 2.36. The Morgan fingerprint density at radius 1 is 1.42 bits per heavy atom. The van der Waals surface area contributed by atoms with Crippen molar-refractivity contribution in [3.8, 4) is 9.85 Å². The Bertz CT molecular complexity index is 296. The molecule has 72 valence electrons.